The number of hydrogen-bond acceptors (Lipinski definition) is 5. The lowest BCUT2D eigenvalue weighted by atomic mass is 10.2. The first kappa shape index (κ1) is 20.3. The van der Waals surface area contributed by atoms with Gasteiger partial charge in [-0.15, -0.1) is 11.8 Å². The Hall–Kier alpha value is -2.44. The Bertz CT molecular complexity index is 922. The molecule has 1 aromatic heterocycles. The Morgan fingerprint density at radius 2 is 2.00 bits per heavy atom. The van der Waals surface area contributed by atoms with Crippen molar-refractivity contribution < 1.29 is 14.1 Å². The van der Waals surface area contributed by atoms with E-state index in [0.717, 1.165) is 27.7 Å². The van der Waals surface area contributed by atoms with E-state index >= 15 is 0 Å². The van der Waals surface area contributed by atoms with Gasteiger partial charge in [-0.1, -0.05) is 22.8 Å². The maximum atomic E-state index is 12.4. The van der Waals surface area contributed by atoms with Crippen LogP contribution in [-0.4, -0.2) is 23.4 Å². The average molecular weight is 417 g/mol. The summed E-state index contributed by atoms with van der Waals surface area (Å²) in [5, 5.41) is 7.56. The largest absolute Gasteiger partial charge is 0.489 e. The molecule has 0 aliphatic rings. The zero-order valence-electron chi connectivity index (χ0n) is 15.7. The number of carbonyl (C=O) groups is 1. The molecular formula is C21H21ClN2O3S. The lowest BCUT2D eigenvalue weighted by molar-refractivity contribution is 0.0955. The number of amides is 1. The van der Waals surface area contributed by atoms with Crippen molar-refractivity contribution in [1.82, 2.24) is 10.5 Å². The topological polar surface area (TPSA) is 64.4 Å². The van der Waals surface area contributed by atoms with Crippen molar-refractivity contribution in [2.75, 3.05) is 12.3 Å². The SMILES string of the molecule is Cc1noc(C)c1COc1cccc(C(=O)NCCSc2ccc(Cl)cc2)c1. The van der Waals surface area contributed by atoms with E-state index in [-0.39, 0.29) is 5.91 Å². The van der Waals surface area contributed by atoms with Crippen molar-refractivity contribution in [3.63, 3.8) is 0 Å². The maximum absolute atomic E-state index is 12.4. The molecule has 3 rings (SSSR count). The van der Waals surface area contributed by atoms with Crippen molar-refractivity contribution in [2.24, 2.45) is 0 Å². The summed E-state index contributed by atoms with van der Waals surface area (Å²) in [6.45, 7) is 4.64. The van der Waals surface area contributed by atoms with E-state index in [1.807, 2.05) is 44.2 Å². The predicted octanol–water partition coefficient (Wildman–Crippen LogP) is 5.05. The number of nitrogens with one attached hydrogen (secondary N) is 1. The smallest absolute Gasteiger partial charge is 0.251 e. The molecule has 0 bridgehead atoms. The molecule has 146 valence electrons. The molecule has 3 aromatic rings. The molecular weight excluding hydrogens is 396 g/mol. The third-order valence-corrected chi connectivity index (χ3v) is 5.40. The van der Waals surface area contributed by atoms with Crippen LogP contribution in [0.4, 0.5) is 0 Å². The number of thioether (sulfide) groups is 1. The van der Waals surface area contributed by atoms with Crippen molar-refractivity contribution in [1.29, 1.82) is 0 Å². The lowest BCUT2D eigenvalue weighted by Gasteiger charge is -2.09. The quantitative estimate of drug-likeness (QED) is 0.411. The van der Waals surface area contributed by atoms with Gasteiger partial charge in [0.1, 0.15) is 18.1 Å². The summed E-state index contributed by atoms with van der Waals surface area (Å²) >= 11 is 7.54. The third kappa shape index (κ3) is 5.53. The lowest BCUT2D eigenvalue weighted by Crippen LogP contribution is -2.25. The minimum Gasteiger partial charge on any atom is -0.489 e. The van der Waals surface area contributed by atoms with Gasteiger partial charge in [0, 0.05) is 27.8 Å². The molecule has 1 amide bonds. The number of rotatable bonds is 8. The van der Waals surface area contributed by atoms with Gasteiger partial charge in [0.25, 0.3) is 5.91 Å². The number of halogens is 1. The van der Waals surface area contributed by atoms with Crippen molar-refractivity contribution in [2.45, 2.75) is 25.3 Å². The molecule has 0 aliphatic heterocycles. The number of nitrogens with zero attached hydrogens (tertiary/aromatic N) is 1. The van der Waals surface area contributed by atoms with E-state index in [1.54, 1.807) is 30.0 Å². The van der Waals surface area contributed by atoms with Gasteiger partial charge in [-0.2, -0.15) is 0 Å². The Labute approximate surface area is 173 Å². The molecule has 5 nitrogen and oxygen atoms in total. The standard InChI is InChI=1S/C21H21ClN2O3S/c1-14-20(15(2)27-24-14)13-26-18-5-3-4-16(12-18)21(25)23-10-11-28-19-8-6-17(22)7-9-19/h3-9,12H,10-11,13H2,1-2H3,(H,23,25). The van der Waals surface area contributed by atoms with Crippen LogP contribution in [0.3, 0.4) is 0 Å². The van der Waals surface area contributed by atoms with E-state index in [9.17, 15) is 4.79 Å². The molecule has 1 heterocycles. The van der Waals surface area contributed by atoms with E-state index in [1.165, 1.54) is 0 Å². The van der Waals surface area contributed by atoms with Gasteiger partial charge in [0.2, 0.25) is 0 Å². The maximum Gasteiger partial charge on any atom is 0.251 e. The fourth-order valence-electron chi connectivity index (χ4n) is 2.56. The van der Waals surface area contributed by atoms with Crippen LogP contribution in [0.15, 0.2) is 57.9 Å². The Balaban J connectivity index is 1.48. The van der Waals surface area contributed by atoms with E-state index in [0.29, 0.717) is 29.5 Å². The molecule has 7 heteroatoms. The molecule has 2 aromatic carbocycles. The molecule has 0 unspecified atom stereocenters. The summed E-state index contributed by atoms with van der Waals surface area (Å²) in [5.41, 5.74) is 2.30. The summed E-state index contributed by atoms with van der Waals surface area (Å²) < 4.78 is 10.9. The fraction of sp³-hybridized carbons (Fsp3) is 0.238. The van der Waals surface area contributed by atoms with Crippen LogP contribution in [0.25, 0.3) is 0 Å². The summed E-state index contributed by atoms with van der Waals surface area (Å²) in [7, 11) is 0. The minimum atomic E-state index is -0.125. The molecule has 0 radical (unpaired) electrons. The summed E-state index contributed by atoms with van der Waals surface area (Å²) in [6, 6.07) is 14.8. The number of hydrogen-bond donors (Lipinski definition) is 1. The van der Waals surface area contributed by atoms with Crippen LogP contribution < -0.4 is 10.1 Å². The molecule has 28 heavy (non-hydrogen) atoms. The van der Waals surface area contributed by atoms with Crippen molar-refractivity contribution in [3.05, 3.63) is 76.1 Å². The molecule has 0 atom stereocenters. The first-order valence-corrected chi connectivity index (χ1v) is 10.2. The van der Waals surface area contributed by atoms with Gasteiger partial charge in [0.15, 0.2) is 0 Å². The van der Waals surface area contributed by atoms with E-state index < -0.39 is 0 Å². The number of aromatic nitrogens is 1. The van der Waals surface area contributed by atoms with Crippen molar-refractivity contribution in [3.8, 4) is 5.75 Å². The van der Waals surface area contributed by atoms with Crippen molar-refractivity contribution >= 4 is 29.3 Å². The second-order valence-corrected chi connectivity index (χ2v) is 7.78. The highest BCUT2D eigenvalue weighted by molar-refractivity contribution is 7.99. The fourth-order valence-corrected chi connectivity index (χ4v) is 3.45. The Kier molecular flexibility index (Phi) is 7.01. The summed E-state index contributed by atoms with van der Waals surface area (Å²) in [4.78, 5) is 13.5. The summed E-state index contributed by atoms with van der Waals surface area (Å²) in [6.07, 6.45) is 0. The molecule has 0 spiro atoms. The van der Waals surface area contributed by atoms with Gasteiger partial charge < -0.3 is 14.6 Å². The van der Waals surface area contributed by atoms with Crippen LogP contribution in [0.2, 0.25) is 5.02 Å². The Morgan fingerprint density at radius 1 is 1.21 bits per heavy atom. The predicted molar refractivity (Wildman–Crippen MR) is 111 cm³/mol. The molecule has 0 fully saturated rings. The highest BCUT2D eigenvalue weighted by Gasteiger charge is 2.11. The number of aryl methyl sites for hydroxylation is 2. The Morgan fingerprint density at radius 3 is 2.71 bits per heavy atom. The van der Waals surface area contributed by atoms with Gasteiger partial charge in [-0.25, -0.2) is 0 Å². The monoisotopic (exact) mass is 416 g/mol. The second-order valence-electron chi connectivity index (χ2n) is 6.18. The van der Waals surface area contributed by atoms with E-state index in [2.05, 4.69) is 10.5 Å². The average Bonchev–Trinajstić information content (AvgIpc) is 3.02. The highest BCUT2D eigenvalue weighted by atomic mass is 35.5. The molecule has 0 saturated heterocycles. The van der Waals surface area contributed by atoms with Crippen LogP contribution >= 0.6 is 23.4 Å². The number of carbonyl (C=O) groups excluding carboxylic acids is 1. The van der Waals surface area contributed by atoms with Crippen LogP contribution in [-0.2, 0) is 6.61 Å². The van der Waals surface area contributed by atoms with Crippen LogP contribution in [0.1, 0.15) is 27.4 Å². The normalized spacial score (nSPS) is 10.7. The molecule has 1 N–H and O–H groups in total. The number of ether oxygens (including phenoxy) is 1. The first-order chi connectivity index (χ1) is 13.5. The molecule has 0 aliphatic carbocycles. The first-order valence-electron chi connectivity index (χ1n) is 8.84. The van der Waals surface area contributed by atoms with Gasteiger partial charge in [-0.3, -0.25) is 4.79 Å². The zero-order valence-corrected chi connectivity index (χ0v) is 17.3. The highest BCUT2D eigenvalue weighted by Crippen LogP contribution is 2.20. The van der Waals surface area contributed by atoms with E-state index in [4.69, 9.17) is 20.9 Å². The number of benzene rings is 2. The third-order valence-electron chi connectivity index (χ3n) is 4.13. The van der Waals surface area contributed by atoms with Gasteiger partial charge in [0.05, 0.1) is 11.3 Å². The minimum absolute atomic E-state index is 0.125. The summed E-state index contributed by atoms with van der Waals surface area (Å²) in [5.74, 6) is 2.02. The van der Waals surface area contributed by atoms with Crippen LogP contribution in [0, 0.1) is 13.8 Å². The zero-order chi connectivity index (χ0) is 19.9. The molecule has 0 saturated carbocycles. The van der Waals surface area contributed by atoms with Gasteiger partial charge >= 0.3 is 0 Å². The van der Waals surface area contributed by atoms with Crippen LogP contribution in [0.5, 0.6) is 5.75 Å². The van der Waals surface area contributed by atoms with Gasteiger partial charge in [-0.05, 0) is 56.3 Å². The second kappa shape index (κ2) is 9.66.